The molecule has 8 nitrogen and oxygen atoms in total. The summed E-state index contributed by atoms with van der Waals surface area (Å²) >= 11 is 1.47. The van der Waals surface area contributed by atoms with Crippen molar-refractivity contribution in [1.29, 1.82) is 5.26 Å². The number of piperidine rings is 1. The van der Waals surface area contributed by atoms with E-state index in [0.717, 1.165) is 62.6 Å². The lowest BCUT2D eigenvalue weighted by molar-refractivity contribution is -0.120. The van der Waals surface area contributed by atoms with E-state index in [1.165, 1.54) is 22.9 Å². The van der Waals surface area contributed by atoms with E-state index in [-0.39, 0.29) is 17.6 Å². The lowest BCUT2D eigenvalue weighted by atomic mass is 9.79. The zero-order valence-electron chi connectivity index (χ0n) is 21.8. The SMILES string of the molecule is CSCC(=O)N[C@H]1CC2(CCN([C@@H]3CCc4cc(C#N)ccc4C3)CC2)Oc2ccc(NS(C)(=O)=O)cc21. The topological polar surface area (TPSA) is 112 Å². The van der Waals surface area contributed by atoms with Crippen LogP contribution in [0.1, 0.15) is 54.0 Å². The van der Waals surface area contributed by atoms with E-state index in [4.69, 9.17) is 4.74 Å². The lowest BCUT2D eigenvalue weighted by Gasteiger charge is -2.49. The third-order valence-corrected chi connectivity index (χ3v) is 9.12. The number of nitriles is 1. The van der Waals surface area contributed by atoms with Crippen LogP contribution in [-0.4, -0.2) is 62.2 Å². The summed E-state index contributed by atoms with van der Waals surface area (Å²) in [5.74, 6) is 1.04. The summed E-state index contributed by atoms with van der Waals surface area (Å²) in [4.78, 5) is 15.2. The van der Waals surface area contributed by atoms with Gasteiger partial charge in [0.15, 0.2) is 0 Å². The van der Waals surface area contributed by atoms with Crippen molar-refractivity contribution in [3.05, 3.63) is 58.7 Å². The minimum Gasteiger partial charge on any atom is -0.487 e. The van der Waals surface area contributed by atoms with Gasteiger partial charge in [0.1, 0.15) is 11.4 Å². The van der Waals surface area contributed by atoms with Gasteiger partial charge in [0.25, 0.3) is 0 Å². The van der Waals surface area contributed by atoms with Crippen molar-refractivity contribution in [3.8, 4) is 11.8 Å². The van der Waals surface area contributed by atoms with E-state index in [1.807, 2.05) is 24.5 Å². The molecule has 202 valence electrons. The number of thioether (sulfide) groups is 1. The average molecular weight is 555 g/mol. The molecule has 2 N–H and O–H groups in total. The van der Waals surface area contributed by atoms with E-state index in [2.05, 4.69) is 27.1 Å². The number of hydrogen-bond donors (Lipinski definition) is 2. The lowest BCUT2D eigenvalue weighted by Crippen LogP contribution is -2.54. The van der Waals surface area contributed by atoms with Crippen LogP contribution in [0, 0.1) is 11.3 Å². The third kappa shape index (κ3) is 5.95. The summed E-state index contributed by atoms with van der Waals surface area (Å²) in [6, 6.07) is 13.8. The summed E-state index contributed by atoms with van der Waals surface area (Å²) in [6.45, 7) is 1.84. The van der Waals surface area contributed by atoms with Gasteiger partial charge < -0.3 is 10.1 Å². The fraction of sp³-hybridized carbons (Fsp3) is 0.500. The van der Waals surface area contributed by atoms with Gasteiger partial charge in [0.05, 0.1) is 29.7 Å². The maximum absolute atomic E-state index is 12.6. The van der Waals surface area contributed by atoms with E-state index < -0.39 is 10.0 Å². The van der Waals surface area contributed by atoms with Gasteiger partial charge >= 0.3 is 0 Å². The molecular weight excluding hydrogens is 520 g/mol. The number of fused-ring (bicyclic) bond motifs is 2. The van der Waals surface area contributed by atoms with Crippen LogP contribution in [0.3, 0.4) is 0 Å². The quantitative estimate of drug-likeness (QED) is 0.561. The Bertz CT molecular complexity index is 1360. The van der Waals surface area contributed by atoms with Crippen LogP contribution in [0.5, 0.6) is 5.75 Å². The number of ether oxygens (including phenoxy) is 1. The summed E-state index contributed by atoms with van der Waals surface area (Å²) in [7, 11) is -3.42. The molecule has 0 radical (unpaired) electrons. The first kappa shape index (κ1) is 26.9. The van der Waals surface area contributed by atoms with Crippen molar-refractivity contribution in [2.75, 3.05) is 36.1 Å². The number of anilines is 1. The Hall–Kier alpha value is -2.74. The zero-order valence-corrected chi connectivity index (χ0v) is 23.5. The van der Waals surface area contributed by atoms with Gasteiger partial charge in [0.2, 0.25) is 15.9 Å². The fourth-order valence-electron chi connectivity index (χ4n) is 6.16. The van der Waals surface area contributed by atoms with Crippen LogP contribution < -0.4 is 14.8 Å². The summed E-state index contributed by atoms with van der Waals surface area (Å²) in [5.41, 5.74) is 4.27. The van der Waals surface area contributed by atoms with Gasteiger partial charge in [-0.15, -0.1) is 0 Å². The Balaban J connectivity index is 1.31. The van der Waals surface area contributed by atoms with Gasteiger partial charge in [-0.05, 0) is 79.8 Å². The molecule has 0 saturated carbocycles. The Morgan fingerprint density at radius 1 is 1.21 bits per heavy atom. The molecule has 1 fully saturated rings. The summed E-state index contributed by atoms with van der Waals surface area (Å²) < 4.78 is 32.7. The molecule has 38 heavy (non-hydrogen) atoms. The largest absolute Gasteiger partial charge is 0.487 e. The number of amides is 1. The number of likely N-dealkylation sites (tertiary alicyclic amines) is 1. The minimum atomic E-state index is -3.42. The number of carbonyl (C=O) groups is 1. The number of carbonyl (C=O) groups excluding carboxylic acids is 1. The van der Waals surface area contributed by atoms with Crippen LogP contribution >= 0.6 is 11.8 Å². The monoisotopic (exact) mass is 554 g/mol. The molecule has 2 aromatic carbocycles. The Labute approximate surface area is 229 Å². The molecule has 1 aliphatic carbocycles. The molecule has 1 spiro atoms. The van der Waals surface area contributed by atoms with Crippen molar-refractivity contribution in [2.24, 2.45) is 0 Å². The Kier molecular flexibility index (Phi) is 7.63. The number of rotatable bonds is 6. The van der Waals surface area contributed by atoms with Crippen LogP contribution in [0.2, 0.25) is 0 Å². The number of nitrogens with one attached hydrogen (secondary N) is 2. The van der Waals surface area contributed by atoms with Crippen molar-refractivity contribution >= 4 is 33.4 Å². The fourth-order valence-corrected chi connectivity index (χ4v) is 7.06. The minimum absolute atomic E-state index is 0.0372. The molecule has 1 amide bonds. The number of aryl methyl sites for hydroxylation is 1. The predicted molar refractivity (Wildman–Crippen MR) is 150 cm³/mol. The zero-order chi connectivity index (χ0) is 26.9. The Morgan fingerprint density at radius 2 is 2.00 bits per heavy atom. The molecule has 10 heteroatoms. The molecule has 0 unspecified atom stereocenters. The molecule has 1 saturated heterocycles. The molecule has 2 aliphatic heterocycles. The van der Waals surface area contributed by atoms with Crippen molar-refractivity contribution in [1.82, 2.24) is 10.2 Å². The van der Waals surface area contributed by atoms with Gasteiger partial charge in [-0.25, -0.2) is 8.42 Å². The number of nitrogens with zero attached hydrogens (tertiary/aromatic N) is 2. The first-order valence-corrected chi connectivity index (χ1v) is 16.3. The van der Waals surface area contributed by atoms with Crippen LogP contribution in [0.4, 0.5) is 5.69 Å². The van der Waals surface area contributed by atoms with Crippen molar-refractivity contribution < 1.29 is 17.9 Å². The van der Waals surface area contributed by atoms with Gasteiger partial charge in [-0.2, -0.15) is 17.0 Å². The highest BCUT2D eigenvalue weighted by Gasteiger charge is 2.45. The van der Waals surface area contributed by atoms with Crippen molar-refractivity contribution in [3.63, 3.8) is 0 Å². The van der Waals surface area contributed by atoms with Crippen LogP contribution in [0.15, 0.2) is 36.4 Å². The Morgan fingerprint density at radius 3 is 2.71 bits per heavy atom. The predicted octanol–water partition coefficient (Wildman–Crippen LogP) is 3.62. The van der Waals surface area contributed by atoms with E-state index >= 15 is 0 Å². The standard InChI is InChI=1S/C28H34N4O4S2/c1-37-18-27(33)30-25-16-28(36-26-8-6-22(15-24(25)26)31-38(2,34)35)9-11-32(12-10-28)23-7-5-20-13-19(17-29)3-4-21(20)14-23/h3-4,6,8,13,15,23,25,31H,5,7,9-12,14,16,18H2,1-2H3,(H,30,33)/t23-,25+/m1/s1. The molecule has 3 aliphatic rings. The first-order valence-electron chi connectivity index (χ1n) is 13.0. The van der Waals surface area contributed by atoms with E-state index in [1.54, 1.807) is 12.1 Å². The summed E-state index contributed by atoms with van der Waals surface area (Å²) in [5, 5.41) is 12.4. The second-order valence-corrected chi connectivity index (χ2v) is 13.3. The second-order valence-electron chi connectivity index (χ2n) is 10.7. The van der Waals surface area contributed by atoms with Gasteiger partial charge in [0, 0.05) is 36.8 Å². The number of benzene rings is 2. The molecule has 0 bridgehead atoms. The smallest absolute Gasteiger partial charge is 0.230 e. The maximum atomic E-state index is 12.6. The van der Waals surface area contributed by atoms with Crippen molar-refractivity contribution in [2.45, 2.75) is 56.2 Å². The van der Waals surface area contributed by atoms with Gasteiger partial charge in [-0.3, -0.25) is 14.4 Å². The highest BCUT2D eigenvalue weighted by atomic mass is 32.2. The summed E-state index contributed by atoms with van der Waals surface area (Å²) in [6.07, 6.45) is 8.48. The average Bonchev–Trinajstić information content (AvgIpc) is 2.88. The molecule has 0 aromatic heterocycles. The molecule has 2 aromatic rings. The van der Waals surface area contributed by atoms with E-state index in [9.17, 15) is 18.5 Å². The molecule has 2 atom stereocenters. The molecule has 2 heterocycles. The molecular formula is C28H34N4O4S2. The second kappa shape index (κ2) is 10.8. The molecule has 5 rings (SSSR count). The number of sulfonamides is 1. The normalized spacial score (nSPS) is 22.4. The third-order valence-electron chi connectivity index (χ3n) is 7.97. The van der Waals surface area contributed by atoms with Gasteiger partial charge in [-0.1, -0.05) is 6.07 Å². The van der Waals surface area contributed by atoms with E-state index in [0.29, 0.717) is 29.7 Å². The number of hydrogen-bond acceptors (Lipinski definition) is 7. The highest BCUT2D eigenvalue weighted by molar-refractivity contribution is 7.99. The van der Waals surface area contributed by atoms with Crippen LogP contribution in [-0.2, 0) is 27.7 Å². The maximum Gasteiger partial charge on any atom is 0.230 e. The van der Waals surface area contributed by atoms with Crippen LogP contribution in [0.25, 0.3) is 0 Å². The highest BCUT2D eigenvalue weighted by Crippen LogP contribution is 2.46. The first-order chi connectivity index (χ1) is 18.2.